The third-order valence-corrected chi connectivity index (χ3v) is 2.61. The summed E-state index contributed by atoms with van der Waals surface area (Å²) in [6.07, 6.45) is -0.372. The molecule has 0 saturated heterocycles. The van der Waals surface area contributed by atoms with E-state index in [4.69, 9.17) is 4.74 Å². The molecule has 0 saturated carbocycles. The molecule has 1 aromatic rings. The van der Waals surface area contributed by atoms with Gasteiger partial charge in [0.05, 0.1) is 0 Å². The van der Waals surface area contributed by atoms with Crippen LogP contribution in [-0.4, -0.2) is 18.3 Å². The van der Waals surface area contributed by atoms with Crippen molar-refractivity contribution in [2.75, 3.05) is 0 Å². The van der Waals surface area contributed by atoms with Gasteiger partial charge in [-0.05, 0) is 44.4 Å². The molecule has 1 aromatic carbocycles. The predicted molar refractivity (Wildman–Crippen MR) is 77.4 cm³/mol. The highest BCUT2D eigenvalue weighted by molar-refractivity contribution is 5.74. The minimum absolute atomic E-state index is 0.109. The summed E-state index contributed by atoms with van der Waals surface area (Å²) < 4.78 is 5.63. The van der Waals surface area contributed by atoms with E-state index >= 15 is 0 Å². The second-order valence-corrected chi connectivity index (χ2v) is 5.26. The fourth-order valence-corrected chi connectivity index (χ4v) is 1.65. The van der Waals surface area contributed by atoms with Crippen LogP contribution in [0.5, 0.6) is 5.75 Å². The Labute approximate surface area is 115 Å². The van der Waals surface area contributed by atoms with Crippen LogP contribution in [-0.2, 0) is 0 Å². The second-order valence-electron chi connectivity index (χ2n) is 5.26. The summed E-state index contributed by atoms with van der Waals surface area (Å²) in [6, 6.07) is 7.82. The van der Waals surface area contributed by atoms with Crippen LogP contribution >= 0.6 is 0 Å². The van der Waals surface area contributed by atoms with Crippen molar-refractivity contribution in [3.63, 3.8) is 0 Å². The summed E-state index contributed by atoms with van der Waals surface area (Å²) in [5.74, 6) is 1.25. The molecule has 2 amide bonds. The number of benzene rings is 1. The lowest BCUT2D eigenvalue weighted by atomic mass is 10.0. The molecule has 19 heavy (non-hydrogen) atoms. The van der Waals surface area contributed by atoms with Crippen molar-refractivity contribution in [1.29, 1.82) is 0 Å². The lowest BCUT2D eigenvalue weighted by molar-refractivity contribution is 0.176. The van der Waals surface area contributed by atoms with Crippen molar-refractivity contribution in [1.82, 2.24) is 10.6 Å². The predicted octanol–water partition coefficient (Wildman–Crippen LogP) is 3.24. The Morgan fingerprint density at radius 3 is 2.05 bits per heavy atom. The number of ether oxygens (including phenoxy) is 1. The van der Waals surface area contributed by atoms with Crippen LogP contribution in [0.2, 0.25) is 0 Å². The molecule has 0 aliphatic heterocycles. The number of hydrogen-bond acceptors (Lipinski definition) is 2. The number of carbonyl (C=O) groups excluding carboxylic acids is 1. The number of amides is 2. The van der Waals surface area contributed by atoms with Crippen LogP contribution in [0.15, 0.2) is 24.3 Å². The Bertz CT molecular complexity index is 399. The Morgan fingerprint density at radius 2 is 1.58 bits per heavy atom. The molecule has 0 aliphatic carbocycles. The molecule has 0 heterocycles. The van der Waals surface area contributed by atoms with Gasteiger partial charge < -0.3 is 15.4 Å². The Balaban J connectivity index is 2.48. The van der Waals surface area contributed by atoms with Gasteiger partial charge in [-0.15, -0.1) is 0 Å². The van der Waals surface area contributed by atoms with Crippen LogP contribution in [0, 0.1) is 0 Å². The summed E-state index contributed by atoms with van der Waals surface area (Å²) in [5, 5.41) is 5.48. The van der Waals surface area contributed by atoms with Crippen molar-refractivity contribution >= 4 is 6.03 Å². The number of carbonyl (C=O) groups is 1. The molecule has 1 rings (SSSR count). The van der Waals surface area contributed by atoms with E-state index in [9.17, 15) is 4.79 Å². The lowest BCUT2D eigenvalue weighted by Crippen LogP contribution is -2.45. The quantitative estimate of drug-likeness (QED) is 0.802. The molecule has 1 atom stereocenters. The van der Waals surface area contributed by atoms with E-state index in [0.717, 1.165) is 5.75 Å². The maximum absolute atomic E-state index is 11.5. The smallest absolute Gasteiger partial charge is 0.317 e. The van der Waals surface area contributed by atoms with Crippen molar-refractivity contribution in [2.45, 2.75) is 52.8 Å². The number of rotatable bonds is 5. The summed E-state index contributed by atoms with van der Waals surface area (Å²) >= 11 is 0. The molecular weight excluding hydrogens is 240 g/mol. The second kappa shape index (κ2) is 7.02. The first-order chi connectivity index (χ1) is 8.88. The third-order valence-electron chi connectivity index (χ3n) is 2.61. The highest BCUT2D eigenvalue weighted by Gasteiger charge is 2.09. The average molecular weight is 264 g/mol. The average Bonchev–Trinajstić information content (AvgIpc) is 2.27. The first-order valence-electron chi connectivity index (χ1n) is 6.72. The molecule has 0 aliphatic rings. The first kappa shape index (κ1) is 15.3. The monoisotopic (exact) mass is 264 g/mol. The van der Waals surface area contributed by atoms with Crippen molar-refractivity contribution in [2.24, 2.45) is 0 Å². The maximum Gasteiger partial charge on any atom is 0.317 e. The van der Waals surface area contributed by atoms with Gasteiger partial charge in [0, 0.05) is 6.04 Å². The van der Waals surface area contributed by atoms with E-state index in [1.54, 1.807) is 6.92 Å². The van der Waals surface area contributed by atoms with Gasteiger partial charge in [-0.1, -0.05) is 26.0 Å². The zero-order valence-electron chi connectivity index (χ0n) is 12.4. The van der Waals surface area contributed by atoms with Gasteiger partial charge in [-0.2, -0.15) is 0 Å². The van der Waals surface area contributed by atoms with E-state index in [0.29, 0.717) is 5.92 Å². The van der Waals surface area contributed by atoms with Crippen LogP contribution in [0.4, 0.5) is 4.79 Å². The Hall–Kier alpha value is -1.71. The molecule has 0 aromatic heterocycles. The third kappa shape index (κ3) is 5.64. The van der Waals surface area contributed by atoms with E-state index < -0.39 is 0 Å². The zero-order chi connectivity index (χ0) is 14.4. The molecule has 4 nitrogen and oxygen atoms in total. The SMILES string of the molecule is CC(C)NC(=O)NC(C)Oc1ccc(C(C)C)cc1. The zero-order valence-corrected chi connectivity index (χ0v) is 12.4. The molecule has 0 bridgehead atoms. The van der Waals surface area contributed by atoms with Crippen LogP contribution in [0.3, 0.4) is 0 Å². The standard InChI is InChI=1S/C15H24N2O2/c1-10(2)13-6-8-14(9-7-13)19-12(5)17-15(18)16-11(3)4/h6-12H,1-5H3,(H2,16,17,18). The van der Waals surface area contributed by atoms with Crippen LogP contribution in [0.1, 0.15) is 46.1 Å². The maximum atomic E-state index is 11.5. The highest BCUT2D eigenvalue weighted by Crippen LogP contribution is 2.19. The van der Waals surface area contributed by atoms with Crippen LogP contribution in [0.25, 0.3) is 0 Å². The number of hydrogen-bond donors (Lipinski definition) is 2. The minimum Gasteiger partial charge on any atom is -0.471 e. The van der Waals surface area contributed by atoms with Crippen molar-refractivity contribution in [3.8, 4) is 5.75 Å². The number of urea groups is 1. The van der Waals surface area contributed by atoms with Gasteiger partial charge in [0.25, 0.3) is 0 Å². The molecule has 1 unspecified atom stereocenters. The normalized spacial score (nSPS) is 12.4. The summed E-state index contributed by atoms with van der Waals surface area (Å²) in [6.45, 7) is 9.92. The lowest BCUT2D eigenvalue weighted by Gasteiger charge is -2.18. The van der Waals surface area contributed by atoms with Crippen molar-refractivity contribution in [3.05, 3.63) is 29.8 Å². The van der Waals surface area contributed by atoms with E-state index in [2.05, 4.69) is 24.5 Å². The minimum atomic E-state index is -0.372. The molecule has 106 valence electrons. The molecular formula is C15H24N2O2. The van der Waals surface area contributed by atoms with Gasteiger partial charge in [-0.25, -0.2) is 4.79 Å². The topological polar surface area (TPSA) is 50.4 Å². The molecule has 0 spiro atoms. The van der Waals surface area contributed by atoms with Gasteiger partial charge >= 0.3 is 6.03 Å². The fraction of sp³-hybridized carbons (Fsp3) is 0.533. The first-order valence-corrected chi connectivity index (χ1v) is 6.72. The summed E-state index contributed by atoms with van der Waals surface area (Å²) in [7, 11) is 0. The highest BCUT2D eigenvalue weighted by atomic mass is 16.5. The Kier molecular flexibility index (Phi) is 5.67. The van der Waals surface area contributed by atoms with Gasteiger partial charge in [0.2, 0.25) is 0 Å². The van der Waals surface area contributed by atoms with Crippen LogP contribution < -0.4 is 15.4 Å². The van der Waals surface area contributed by atoms with E-state index in [1.165, 1.54) is 5.56 Å². The molecule has 0 fully saturated rings. The van der Waals surface area contributed by atoms with Gasteiger partial charge in [-0.3, -0.25) is 0 Å². The molecule has 4 heteroatoms. The summed E-state index contributed by atoms with van der Waals surface area (Å²) in [5.41, 5.74) is 1.27. The van der Waals surface area contributed by atoms with Gasteiger partial charge in [0.1, 0.15) is 5.75 Å². The molecule has 2 N–H and O–H groups in total. The largest absolute Gasteiger partial charge is 0.471 e. The summed E-state index contributed by atoms with van der Waals surface area (Å²) in [4.78, 5) is 11.5. The van der Waals surface area contributed by atoms with E-state index in [1.807, 2.05) is 38.1 Å². The number of nitrogens with one attached hydrogen (secondary N) is 2. The Morgan fingerprint density at radius 1 is 1.00 bits per heavy atom. The van der Waals surface area contributed by atoms with Crippen molar-refractivity contribution < 1.29 is 9.53 Å². The van der Waals surface area contributed by atoms with E-state index in [-0.39, 0.29) is 18.3 Å². The fourth-order valence-electron chi connectivity index (χ4n) is 1.65. The molecule has 0 radical (unpaired) electrons. The van der Waals surface area contributed by atoms with Gasteiger partial charge in [0.15, 0.2) is 6.23 Å².